The first-order valence-corrected chi connectivity index (χ1v) is 7.20. The molecule has 0 bridgehead atoms. The van der Waals surface area contributed by atoms with Gasteiger partial charge in [-0.1, -0.05) is 11.6 Å². The molecule has 2 aliphatic rings. The Bertz CT molecular complexity index is 379. The molecule has 1 aliphatic carbocycles. The lowest BCUT2D eigenvalue weighted by Gasteiger charge is -2.22. The van der Waals surface area contributed by atoms with Gasteiger partial charge in [-0.05, 0) is 44.9 Å². The molecule has 1 aliphatic heterocycles. The fourth-order valence-electron chi connectivity index (χ4n) is 2.90. The van der Waals surface area contributed by atoms with E-state index in [2.05, 4.69) is 11.4 Å². The average molecular weight is 265 g/mol. The molecular formula is C14H23N3O2. The molecule has 1 unspecified atom stereocenters. The Labute approximate surface area is 114 Å². The molecule has 1 saturated heterocycles. The molecule has 106 valence electrons. The number of urea groups is 1. The first kappa shape index (κ1) is 13.9. The van der Waals surface area contributed by atoms with Crippen molar-refractivity contribution >= 4 is 11.9 Å². The molecule has 1 atom stereocenters. The van der Waals surface area contributed by atoms with Crippen LogP contribution in [0.3, 0.4) is 0 Å². The van der Waals surface area contributed by atoms with E-state index in [0.29, 0.717) is 13.1 Å². The van der Waals surface area contributed by atoms with E-state index in [9.17, 15) is 9.59 Å². The fraction of sp³-hybridized carbons (Fsp3) is 0.714. The predicted molar refractivity (Wildman–Crippen MR) is 73.5 cm³/mol. The van der Waals surface area contributed by atoms with Crippen LogP contribution < -0.4 is 11.1 Å². The second-order valence-corrected chi connectivity index (χ2v) is 5.34. The van der Waals surface area contributed by atoms with Crippen LogP contribution in [0.25, 0.3) is 0 Å². The molecule has 3 N–H and O–H groups in total. The van der Waals surface area contributed by atoms with E-state index in [1.165, 1.54) is 29.7 Å². The summed E-state index contributed by atoms with van der Waals surface area (Å²) in [6, 6.07) is -0.856. The minimum absolute atomic E-state index is 0.0623. The van der Waals surface area contributed by atoms with Gasteiger partial charge in [-0.25, -0.2) is 4.79 Å². The number of likely N-dealkylation sites (tertiary alicyclic amines) is 1. The SMILES string of the molecule is NC(=O)N1CCCC1C(=O)NCCC1=CCCCC1. The van der Waals surface area contributed by atoms with E-state index in [0.717, 1.165) is 25.7 Å². The molecule has 0 radical (unpaired) electrons. The number of primary amides is 1. The second-order valence-electron chi connectivity index (χ2n) is 5.34. The van der Waals surface area contributed by atoms with Gasteiger partial charge in [0.05, 0.1) is 0 Å². The Balaban J connectivity index is 1.74. The molecular weight excluding hydrogens is 242 g/mol. The number of hydrogen-bond acceptors (Lipinski definition) is 2. The summed E-state index contributed by atoms with van der Waals surface area (Å²) in [7, 11) is 0. The van der Waals surface area contributed by atoms with Crippen molar-refractivity contribution < 1.29 is 9.59 Å². The molecule has 0 aromatic heterocycles. The molecule has 0 aromatic rings. The standard InChI is InChI=1S/C14H23N3O2/c15-14(19)17-10-4-7-12(17)13(18)16-9-8-11-5-2-1-3-6-11/h5,12H,1-4,6-10H2,(H2,15,19)(H,16,18). The highest BCUT2D eigenvalue weighted by atomic mass is 16.2. The number of carbonyl (C=O) groups is 2. The lowest BCUT2D eigenvalue weighted by molar-refractivity contribution is -0.124. The van der Waals surface area contributed by atoms with Gasteiger partial charge < -0.3 is 16.0 Å². The Morgan fingerprint density at radius 1 is 1.37 bits per heavy atom. The van der Waals surface area contributed by atoms with Crippen molar-refractivity contribution in [2.24, 2.45) is 5.73 Å². The highest BCUT2D eigenvalue weighted by Crippen LogP contribution is 2.20. The summed E-state index contributed by atoms with van der Waals surface area (Å²) in [6.45, 7) is 1.26. The van der Waals surface area contributed by atoms with Crippen LogP contribution in [-0.4, -0.2) is 36.0 Å². The van der Waals surface area contributed by atoms with Gasteiger partial charge in [-0.15, -0.1) is 0 Å². The quantitative estimate of drug-likeness (QED) is 0.756. The van der Waals surface area contributed by atoms with Crippen molar-refractivity contribution in [1.29, 1.82) is 0 Å². The number of nitrogens with zero attached hydrogens (tertiary/aromatic N) is 1. The maximum absolute atomic E-state index is 12.0. The lowest BCUT2D eigenvalue weighted by Crippen LogP contribution is -2.48. The Morgan fingerprint density at radius 3 is 2.89 bits per heavy atom. The van der Waals surface area contributed by atoms with Crippen molar-refractivity contribution in [3.63, 3.8) is 0 Å². The van der Waals surface area contributed by atoms with Gasteiger partial charge in [-0.3, -0.25) is 4.79 Å². The van der Waals surface area contributed by atoms with Gasteiger partial charge in [0, 0.05) is 13.1 Å². The molecule has 0 saturated carbocycles. The van der Waals surface area contributed by atoms with Crippen molar-refractivity contribution in [2.75, 3.05) is 13.1 Å². The highest BCUT2D eigenvalue weighted by molar-refractivity contribution is 5.87. The zero-order chi connectivity index (χ0) is 13.7. The van der Waals surface area contributed by atoms with Gasteiger partial charge >= 0.3 is 6.03 Å². The maximum Gasteiger partial charge on any atom is 0.315 e. The average Bonchev–Trinajstić information content (AvgIpc) is 2.89. The van der Waals surface area contributed by atoms with Gasteiger partial charge in [0.25, 0.3) is 0 Å². The monoisotopic (exact) mass is 265 g/mol. The molecule has 3 amide bonds. The topological polar surface area (TPSA) is 75.4 Å². The lowest BCUT2D eigenvalue weighted by atomic mass is 9.97. The predicted octanol–water partition coefficient (Wildman–Crippen LogP) is 1.54. The van der Waals surface area contributed by atoms with Crippen LogP contribution in [0, 0.1) is 0 Å². The Morgan fingerprint density at radius 2 is 2.21 bits per heavy atom. The van der Waals surface area contributed by atoms with Crippen LogP contribution in [0.15, 0.2) is 11.6 Å². The zero-order valence-corrected chi connectivity index (χ0v) is 11.4. The third kappa shape index (κ3) is 3.72. The summed E-state index contributed by atoms with van der Waals surface area (Å²) in [5.41, 5.74) is 6.72. The number of rotatable bonds is 4. The smallest absolute Gasteiger partial charge is 0.315 e. The number of nitrogens with one attached hydrogen (secondary N) is 1. The molecule has 19 heavy (non-hydrogen) atoms. The molecule has 0 spiro atoms. The van der Waals surface area contributed by atoms with E-state index in [1.807, 2.05) is 0 Å². The third-order valence-corrected chi connectivity index (χ3v) is 3.97. The number of hydrogen-bond donors (Lipinski definition) is 2. The van der Waals surface area contributed by atoms with Gasteiger partial charge in [0.15, 0.2) is 0 Å². The minimum atomic E-state index is -0.493. The first-order valence-electron chi connectivity index (χ1n) is 7.20. The summed E-state index contributed by atoms with van der Waals surface area (Å²) in [6.07, 6.45) is 9.66. The second kappa shape index (κ2) is 6.59. The van der Waals surface area contributed by atoms with Crippen molar-refractivity contribution in [1.82, 2.24) is 10.2 Å². The molecule has 1 fully saturated rings. The van der Waals surface area contributed by atoms with Crippen LogP contribution in [0.1, 0.15) is 44.9 Å². The fourth-order valence-corrected chi connectivity index (χ4v) is 2.90. The maximum atomic E-state index is 12.0. The Hall–Kier alpha value is -1.52. The summed E-state index contributed by atoms with van der Waals surface area (Å²) in [5.74, 6) is -0.0623. The minimum Gasteiger partial charge on any atom is -0.354 e. The first-order chi connectivity index (χ1) is 9.18. The van der Waals surface area contributed by atoms with E-state index < -0.39 is 6.03 Å². The Kier molecular flexibility index (Phi) is 4.82. The summed E-state index contributed by atoms with van der Waals surface area (Å²) in [5, 5.41) is 2.93. The molecule has 0 aromatic carbocycles. The normalized spacial score (nSPS) is 23.1. The number of amides is 3. The van der Waals surface area contributed by atoms with Crippen molar-refractivity contribution in [2.45, 2.75) is 51.0 Å². The molecule has 2 rings (SSSR count). The van der Waals surface area contributed by atoms with Gasteiger partial charge in [-0.2, -0.15) is 0 Å². The largest absolute Gasteiger partial charge is 0.354 e. The van der Waals surface area contributed by atoms with Gasteiger partial charge in [0.2, 0.25) is 5.91 Å². The van der Waals surface area contributed by atoms with Crippen molar-refractivity contribution in [3.8, 4) is 0 Å². The number of allylic oxidation sites excluding steroid dienone is 1. The zero-order valence-electron chi connectivity index (χ0n) is 11.4. The van der Waals surface area contributed by atoms with E-state index >= 15 is 0 Å². The highest BCUT2D eigenvalue weighted by Gasteiger charge is 2.32. The van der Waals surface area contributed by atoms with Crippen LogP contribution in [0.5, 0.6) is 0 Å². The summed E-state index contributed by atoms with van der Waals surface area (Å²) >= 11 is 0. The van der Waals surface area contributed by atoms with Crippen LogP contribution in [0.4, 0.5) is 4.79 Å². The molecule has 1 heterocycles. The van der Waals surface area contributed by atoms with Gasteiger partial charge in [0.1, 0.15) is 6.04 Å². The van der Waals surface area contributed by atoms with E-state index in [-0.39, 0.29) is 11.9 Å². The molecule has 5 nitrogen and oxygen atoms in total. The van der Waals surface area contributed by atoms with Crippen LogP contribution in [-0.2, 0) is 4.79 Å². The van der Waals surface area contributed by atoms with Crippen LogP contribution >= 0.6 is 0 Å². The summed E-state index contributed by atoms with van der Waals surface area (Å²) < 4.78 is 0. The number of nitrogens with two attached hydrogens (primary N) is 1. The summed E-state index contributed by atoms with van der Waals surface area (Å²) in [4.78, 5) is 24.7. The molecule has 5 heteroatoms. The number of carbonyl (C=O) groups excluding carboxylic acids is 2. The van der Waals surface area contributed by atoms with Crippen molar-refractivity contribution in [3.05, 3.63) is 11.6 Å². The van der Waals surface area contributed by atoms with Crippen LogP contribution in [0.2, 0.25) is 0 Å². The van der Waals surface area contributed by atoms with E-state index in [4.69, 9.17) is 5.73 Å². The third-order valence-electron chi connectivity index (χ3n) is 3.97. The van der Waals surface area contributed by atoms with E-state index in [1.54, 1.807) is 0 Å².